The molecule has 440 valence electrons. The molecule has 1 N–H and O–H groups in total. The summed E-state index contributed by atoms with van der Waals surface area (Å²) in [5.74, 6) is 0.511. The Morgan fingerprint density at radius 2 is 0.644 bits per heavy atom. The molecule has 0 rings (SSSR count). The van der Waals surface area contributed by atoms with Gasteiger partial charge in [0.15, 0.2) is 0 Å². The molecule has 0 aromatic rings. The number of hydrogen-bond acceptors (Lipinski definition) is 11. The molecule has 0 aromatic heterocycles. The van der Waals surface area contributed by atoms with E-state index in [1.165, 1.54) is 0 Å². The lowest BCUT2D eigenvalue weighted by atomic mass is 9.74. The first-order valence-corrected chi connectivity index (χ1v) is 26.5. The molecule has 0 bridgehead atoms. The summed E-state index contributed by atoms with van der Waals surface area (Å²) in [4.78, 5) is 75.3. The Kier molecular flexibility index (Phi) is 46.1. The molecule has 0 fully saturated rings. The van der Waals surface area contributed by atoms with Gasteiger partial charge in [-0.15, -0.1) is 0 Å². The van der Waals surface area contributed by atoms with E-state index in [1.807, 2.05) is 174 Å². The molecule has 0 saturated heterocycles. The van der Waals surface area contributed by atoms with Gasteiger partial charge in [0.05, 0.1) is 36.4 Å². The molecule has 0 unspecified atom stereocenters. The lowest BCUT2D eigenvalue weighted by molar-refractivity contribution is -0.151. The predicted molar refractivity (Wildman–Crippen MR) is 305 cm³/mol. The summed E-state index contributed by atoms with van der Waals surface area (Å²) in [5, 5.41) is 9.72. The zero-order valence-electron chi connectivity index (χ0n) is 54.2. The van der Waals surface area contributed by atoms with E-state index in [-0.39, 0.29) is 113 Å². The van der Waals surface area contributed by atoms with Crippen molar-refractivity contribution in [3.8, 4) is 0 Å². The monoisotopic (exact) mass is 1050 g/mol. The van der Waals surface area contributed by atoms with Crippen molar-refractivity contribution in [2.24, 2.45) is 28.6 Å². The van der Waals surface area contributed by atoms with E-state index in [9.17, 15) is 33.9 Å². The maximum atomic E-state index is 11.6. The van der Waals surface area contributed by atoms with Gasteiger partial charge in [-0.3, -0.25) is 14.4 Å². The summed E-state index contributed by atoms with van der Waals surface area (Å²) < 4.78 is 19.2. The normalized spacial score (nSPS) is 11.2. The Morgan fingerprint density at radius 3 is 0.781 bits per heavy atom. The van der Waals surface area contributed by atoms with Crippen LogP contribution in [0.2, 0.25) is 0 Å². The molecule has 16 nitrogen and oxygen atoms in total. The van der Waals surface area contributed by atoms with Gasteiger partial charge >= 0.3 is 24.2 Å². The Balaban J connectivity index is -0.000000139. The van der Waals surface area contributed by atoms with Crippen molar-refractivity contribution in [3.05, 3.63) is 0 Å². The number of aliphatic hydroxyl groups excluding tert-OH is 1. The number of aliphatic hydroxyl groups is 1. The second kappa shape index (κ2) is 40.5. The number of esters is 1. The maximum Gasteiger partial charge on any atom is 0.508 e. The fraction of sp³-hybridized carbons (Fsp3) is 0.895. The molecule has 0 radical (unpaired) electrons. The van der Waals surface area contributed by atoms with Crippen LogP contribution < -0.4 is 0 Å². The molecule has 5 amide bonds. The van der Waals surface area contributed by atoms with Gasteiger partial charge < -0.3 is 48.6 Å². The molecule has 73 heavy (non-hydrogen) atoms. The van der Waals surface area contributed by atoms with Crippen LogP contribution in [-0.4, -0.2) is 161 Å². The lowest BCUT2D eigenvalue weighted by Crippen LogP contribution is -2.45. The number of carbonyl (C=O) groups is 6. The topological polar surface area (TPSA) is 176 Å². The molecule has 0 heterocycles. The second-order valence-electron chi connectivity index (χ2n) is 24.6. The lowest BCUT2D eigenvalue weighted by Gasteiger charge is -2.36. The van der Waals surface area contributed by atoms with Crippen LogP contribution in [0.25, 0.3) is 0 Å². The van der Waals surface area contributed by atoms with Crippen LogP contribution in [0.4, 0.5) is 14.4 Å². The summed E-state index contributed by atoms with van der Waals surface area (Å²) in [6, 6.07) is 1.12. The summed E-state index contributed by atoms with van der Waals surface area (Å²) >= 11 is 0. The van der Waals surface area contributed by atoms with Crippen molar-refractivity contribution in [1.29, 1.82) is 0 Å². The highest BCUT2D eigenvalue weighted by Crippen LogP contribution is 2.32. The van der Waals surface area contributed by atoms with Crippen LogP contribution in [0, 0.1) is 28.6 Å². The summed E-state index contributed by atoms with van der Waals surface area (Å²) in [6.45, 7) is 60.2. The summed E-state index contributed by atoms with van der Waals surface area (Å²) in [6.07, 6.45) is -1.32. The molecule has 16 heteroatoms. The number of rotatable bonds is 11. The molecule has 0 spiro atoms. The van der Waals surface area contributed by atoms with Crippen LogP contribution >= 0.6 is 0 Å². The van der Waals surface area contributed by atoms with E-state index in [2.05, 4.69) is 41.5 Å². The van der Waals surface area contributed by atoms with Gasteiger partial charge in [-0.05, 0) is 142 Å². The number of carbonyl (C=O) groups excluding carboxylic acids is 6. The van der Waals surface area contributed by atoms with Crippen LogP contribution in [0.1, 0.15) is 215 Å². The van der Waals surface area contributed by atoms with Gasteiger partial charge in [-0.2, -0.15) is 0 Å². The van der Waals surface area contributed by atoms with Crippen LogP contribution in [0.5, 0.6) is 0 Å². The fourth-order valence-corrected chi connectivity index (χ4v) is 4.65. The van der Waals surface area contributed by atoms with Crippen LogP contribution in [-0.2, 0) is 33.3 Å². The SMILES string of the molecule is CC(C)(C)C(O)C(C)(C)C.CC(C)C(=O)N(C)C(C)(C)C.CC(C)C(=O)N(C)C(C)C.CC(C)N(C)C(=O)N(C)C(C)C.CC(C)OC(=O)C(C)C.CC(C)OC(=O)N(C)C(C)C.CC(C)OC(=O)OC(C)C. The van der Waals surface area contributed by atoms with Gasteiger partial charge in [0, 0.05) is 76.8 Å². The van der Waals surface area contributed by atoms with Gasteiger partial charge in [0.1, 0.15) is 0 Å². The zero-order chi connectivity index (χ0) is 60.6. The smallest absolute Gasteiger partial charge is 0.463 e. The highest BCUT2D eigenvalue weighted by atomic mass is 16.7. The first-order chi connectivity index (χ1) is 32.3. The van der Waals surface area contributed by atoms with Crippen molar-refractivity contribution in [2.45, 2.75) is 275 Å². The number of urea groups is 1. The van der Waals surface area contributed by atoms with Crippen molar-refractivity contribution >= 4 is 36.1 Å². The quantitative estimate of drug-likeness (QED) is 0.154. The zero-order valence-corrected chi connectivity index (χ0v) is 54.2. The highest BCUT2D eigenvalue weighted by molar-refractivity contribution is 5.78. The highest BCUT2D eigenvalue weighted by Gasteiger charge is 2.32. The Labute approximate surface area is 450 Å². The first-order valence-electron chi connectivity index (χ1n) is 26.5. The van der Waals surface area contributed by atoms with E-state index in [0.717, 1.165) is 0 Å². The third-order valence-electron chi connectivity index (χ3n) is 10.1. The fourth-order valence-electron chi connectivity index (χ4n) is 4.65. The van der Waals surface area contributed by atoms with Gasteiger partial charge in [0.25, 0.3) is 0 Å². The molecule has 0 aliphatic heterocycles. The van der Waals surface area contributed by atoms with Crippen molar-refractivity contribution < 1.29 is 52.8 Å². The van der Waals surface area contributed by atoms with Crippen molar-refractivity contribution in [1.82, 2.24) is 24.5 Å². The van der Waals surface area contributed by atoms with Gasteiger partial charge in [0.2, 0.25) is 11.8 Å². The minimum atomic E-state index is -0.593. The van der Waals surface area contributed by atoms with Gasteiger partial charge in [-0.1, -0.05) is 83.1 Å². The van der Waals surface area contributed by atoms with E-state index in [1.54, 1.807) is 59.2 Å². The molecule has 0 aromatic carbocycles. The van der Waals surface area contributed by atoms with E-state index in [4.69, 9.17) is 18.9 Å². The molecule has 0 aliphatic rings. The summed E-state index contributed by atoms with van der Waals surface area (Å²) in [7, 11) is 9.07. The molecular weight excluding hydrogens is 931 g/mol. The van der Waals surface area contributed by atoms with Crippen LogP contribution in [0.3, 0.4) is 0 Å². The van der Waals surface area contributed by atoms with E-state index < -0.39 is 6.16 Å². The third-order valence-corrected chi connectivity index (χ3v) is 10.1. The van der Waals surface area contributed by atoms with Gasteiger partial charge in [-0.25, -0.2) is 14.4 Å². The summed E-state index contributed by atoms with van der Waals surface area (Å²) in [5.41, 5.74) is -0.0577. The van der Waals surface area contributed by atoms with Crippen molar-refractivity contribution in [3.63, 3.8) is 0 Å². The largest absolute Gasteiger partial charge is 0.508 e. The number of amides is 5. The second-order valence-corrected chi connectivity index (χ2v) is 24.6. The molecule has 0 saturated carbocycles. The Bertz CT molecular complexity index is 1430. The minimum absolute atomic E-state index is 0.00174. The molecule has 0 aliphatic carbocycles. The minimum Gasteiger partial charge on any atom is -0.463 e. The van der Waals surface area contributed by atoms with E-state index in [0.29, 0.717) is 6.04 Å². The number of hydrogen-bond donors (Lipinski definition) is 1. The number of ether oxygens (including phenoxy) is 4. The third kappa shape index (κ3) is 48.9. The Morgan fingerprint density at radius 1 is 0.370 bits per heavy atom. The maximum absolute atomic E-state index is 11.6. The molecular formula is C57H121N5O11. The average molecular weight is 1050 g/mol. The average Bonchev–Trinajstić information content (AvgIpc) is 3.20. The molecule has 0 atom stereocenters. The standard InChI is InChI=1S/C9H20N2O.C9H19NO.C9H20O.C8H17NO2.C8H17NO.C7H14O3.C7H14O2/c1-7(2)10(5)9(12)11(6)8(3)4;1-7(2)8(11)10(6)9(3,4)5;1-8(2,3)7(10)9(4,5)6;1-6(2)9(5)8(10)11-7(3)4;1-6(2)8(10)9(5)7(3)4;1-5(2)9-7(8)10-6(3)4;1-5(2)7(8)9-6(3)4/h7-8H,1-6H3;7H,1-6H3;7,10H,1-6H3;6-7H,1-5H3;6-7H,1-5H3;5-6H,1-4H3;5-6H,1-4H3. The van der Waals surface area contributed by atoms with E-state index >= 15 is 0 Å². The predicted octanol–water partition coefficient (Wildman–Crippen LogP) is 13.1. The van der Waals surface area contributed by atoms with Crippen molar-refractivity contribution in [2.75, 3.05) is 35.2 Å². The Hall–Kier alpha value is -3.82. The number of nitrogens with zero attached hydrogens (tertiary/aromatic N) is 5. The first kappa shape index (κ1) is 83.2. The van der Waals surface area contributed by atoms with Crippen LogP contribution in [0.15, 0.2) is 0 Å².